The second-order valence-corrected chi connectivity index (χ2v) is 8.67. The third-order valence-electron chi connectivity index (χ3n) is 5.52. The summed E-state index contributed by atoms with van der Waals surface area (Å²) in [7, 11) is 1.93. The third-order valence-corrected chi connectivity index (χ3v) is 6.16. The minimum absolute atomic E-state index is 0.161. The standard InChI is InChI=1S/C23H25N5O3S/c1-28-19-10-6-5-9-16(19)25-21(28)17(11-12-32-2)24-20(29)13-18-23(31)26-15-8-4-3-7-14(15)22(30)27-18/h3-10,17-18H,11-13H2,1-2H3,(H,24,29)(H,26,31)(H,27,30). The Bertz CT molecular complexity index is 1180. The van der Waals surface area contributed by atoms with Gasteiger partial charge in [-0.2, -0.15) is 11.8 Å². The highest BCUT2D eigenvalue weighted by Gasteiger charge is 2.30. The number of nitrogens with zero attached hydrogens (tertiary/aromatic N) is 2. The van der Waals surface area contributed by atoms with Crippen LogP contribution in [0.4, 0.5) is 5.69 Å². The molecule has 1 aliphatic rings. The van der Waals surface area contributed by atoms with Crippen molar-refractivity contribution in [2.45, 2.75) is 24.9 Å². The molecule has 0 saturated carbocycles. The summed E-state index contributed by atoms with van der Waals surface area (Å²) in [4.78, 5) is 42.8. The van der Waals surface area contributed by atoms with Crippen LogP contribution in [0, 0.1) is 0 Å². The Labute approximate surface area is 190 Å². The van der Waals surface area contributed by atoms with E-state index in [4.69, 9.17) is 4.98 Å². The topological polar surface area (TPSA) is 105 Å². The lowest BCUT2D eigenvalue weighted by Gasteiger charge is -2.20. The number of carbonyl (C=O) groups is 3. The summed E-state index contributed by atoms with van der Waals surface area (Å²) < 4.78 is 1.98. The van der Waals surface area contributed by atoms with Crippen molar-refractivity contribution in [2.24, 2.45) is 7.05 Å². The number of imidazole rings is 1. The van der Waals surface area contributed by atoms with Crippen molar-refractivity contribution in [3.8, 4) is 0 Å². The first-order chi connectivity index (χ1) is 15.5. The Morgan fingerprint density at radius 2 is 1.94 bits per heavy atom. The van der Waals surface area contributed by atoms with Gasteiger partial charge in [0.05, 0.1) is 34.7 Å². The Morgan fingerprint density at radius 1 is 1.19 bits per heavy atom. The van der Waals surface area contributed by atoms with E-state index in [0.717, 1.165) is 22.6 Å². The van der Waals surface area contributed by atoms with Gasteiger partial charge >= 0.3 is 0 Å². The van der Waals surface area contributed by atoms with Gasteiger partial charge < -0.3 is 20.5 Å². The van der Waals surface area contributed by atoms with E-state index in [1.165, 1.54) is 0 Å². The zero-order valence-electron chi connectivity index (χ0n) is 17.9. The molecular formula is C23H25N5O3S. The van der Waals surface area contributed by atoms with Gasteiger partial charge in [-0.25, -0.2) is 4.98 Å². The van der Waals surface area contributed by atoms with Gasteiger partial charge in [-0.05, 0) is 42.7 Å². The fourth-order valence-electron chi connectivity index (χ4n) is 3.87. The number of fused-ring (bicyclic) bond motifs is 2. The van der Waals surface area contributed by atoms with E-state index in [0.29, 0.717) is 17.7 Å². The van der Waals surface area contributed by atoms with Gasteiger partial charge in [0.25, 0.3) is 5.91 Å². The lowest BCUT2D eigenvalue weighted by Crippen LogP contribution is -2.45. The van der Waals surface area contributed by atoms with E-state index in [2.05, 4.69) is 16.0 Å². The molecule has 2 aromatic carbocycles. The minimum Gasteiger partial charge on any atom is -0.346 e. The van der Waals surface area contributed by atoms with Crippen LogP contribution < -0.4 is 16.0 Å². The Kier molecular flexibility index (Phi) is 6.45. The summed E-state index contributed by atoms with van der Waals surface area (Å²) in [5.41, 5.74) is 2.66. The highest BCUT2D eigenvalue weighted by molar-refractivity contribution is 7.98. The second kappa shape index (κ2) is 9.44. The van der Waals surface area contributed by atoms with Crippen molar-refractivity contribution < 1.29 is 14.4 Å². The normalized spacial score (nSPS) is 16.6. The molecule has 166 valence electrons. The van der Waals surface area contributed by atoms with Crippen LogP contribution in [0.15, 0.2) is 48.5 Å². The van der Waals surface area contributed by atoms with E-state index in [1.54, 1.807) is 36.0 Å². The average Bonchev–Trinajstić information content (AvgIpc) is 3.07. The van der Waals surface area contributed by atoms with Crippen LogP contribution in [0.1, 0.15) is 35.1 Å². The molecule has 0 aliphatic carbocycles. The molecule has 2 unspecified atom stereocenters. The summed E-state index contributed by atoms with van der Waals surface area (Å²) in [5.74, 6) is 0.474. The molecule has 0 bridgehead atoms. The first-order valence-electron chi connectivity index (χ1n) is 10.4. The smallest absolute Gasteiger partial charge is 0.254 e. The van der Waals surface area contributed by atoms with Crippen molar-refractivity contribution in [2.75, 3.05) is 17.3 Å². The minimum atomic E-state index is -0.962. The summed E-state index contributed by atoms with van der Waals surface area (Å²) in [5, 5.41) is 8.43. The van der Waals surface area contributed by atoms with Crippen LogP contribution in [0.3, 0.4) is 0 Å². The largest absolute Gasteiger partial charge is 0.346 e. The van der Waals surface area contributed by atoms with Crippen LogP contribution >= 0.6 is 11.8 Å². The first-order valence-corrected chi connectivity index (χ1v) is 11.8. The van der Waals surface area contributed by atoms with Crippen molar-refractivity contribution in [3.63, 3.8) is 0 Å². The molecule has 1 aromatic heterocycles. The van der Waals surface area contributed by atoms with Gasteiger partial charge in [0.15, 0.2) is 0 Å². The van der Waals surface area contributed by atoms with Gasteiger partial charge in [0, 0.05) is 7.05 Å². The molecule has 8 nitrogen and oxygen atoms in total. The number of rotatable bonds is 7. The Morgan fingerprint density at radius 3 is 2.72 bits per heavy atom. The van der Waals surface area contributed by atoms with Crippen LogP contribution in [0.2, 0.25) is 0 Å². The quantitative estimate of drug-likeness (QED) is 0.512. The number of nitrogens with one attached hydrogen (secondary N) is 3. The molecule has 2 heterocycles. The summed E-state index contributed by atoms with van der Waals surface area (Å²) >= 11 is 1.69. The van der Waals surface area contributed by atoms with Crippen LogP contribution in [0.5, 0.6) is 0 Å². The van der Waals surface area contributed by atoms with E-state index >= 15 is 0 Å². The fraction of sp³-hybridized carbons (Fsp3) is 0.304. The zero-order valence-corrected chi connectivity index (χ0v) is 18.7. The van der Waals surface area contributed by atoms with Crippen LogP contribution in [-0.2, 0) is 16.6 Å². The number of benzene rings is 2. The Balaban J connectivity index is 1.51. The number of aromatic nitrogens is 2. The molecular weight excluding hydrogens is 426 g/mol. The molecule has 0 radical (unpaired) electrons. The number of aryl methyl sites for hydroxylation is 1. The molecule has 0 saturated heterocycles. The maximum Gasteiger partial charge on any atom is 0.254 e. The Hall–Kier alpha value is -3.33. The molecule has 0 fully saturated rings. The van der Waals surface area contributed by atoms with Gasteiger partial charge in [0.2, 0.25) is 11.8 Å². The maximum atomic E-state index is 12.9. The summed E-state index contributed by atoms with van der Waals surface area (Å²) in [6.07, 6.45) is 2.54. The number of para-hydroxylation sites is 3. The second-order valence-electron chi connectivity index (χ2n) is 7.68. The summed E-state index contributed by atoms with van der Waals surface area (Å²) in [6, 6.07) is 13.3. The third kappa shape index (κ3) is 4.47. The first kappa shape index (κ1) is 21.9. The van der Waals surface area contributed by atoms with E-state index in [-0.39, 0.29) is 24.3 Å². The fourth-order valence-corrected chi connectivity index (χ4v) is 4.34. The monoisotopic (exact) mass is 451 g/mol. The maximum absolute atomic E-state index is 12.9. The predicted octanol–water partition coefficient (Wildman–Crippen LogP) is 2.62. The van der Waals surface area contributed by atoms with Crippen molar-refractivity contribution >= 4 is 46.2 Å². The van der Waals surface area contributed by atoms with Crippen LogP contribution in [-0.4, -0.2) is 45.3 Å². The van der Waals surface area contributed by atoms with Crippen molar-refractivity contribution in [1.29, 1.82) is 0 Å². The highest BCUT2D eigenvalue weighted by Crippen LogP contribution is 2.23. The molecule has 1 aliphatic heterocycles. The lowest BCUT2D eigenvalue weighted by molar-refractivity contribution is -0.126. The molecule has 2 atom stereocenters. The molecule has 3 amide bonds. The van der Waals surface area contributed by atoms with Gasteiger partial charge in [0.1, 0.15) is 11.9 Å². The number of hydrogen-bond donors (Lipinski definition) is 3. The predicted molar refractivity (Wildman–Crippen MR) is 126 cm³/mol. The molecule has 4 rings (SSSR count). The number of thioether (sulfide) groups is 1. The summed E-state index contributed by atoms with van der Waals surface area (Å²) in [6.45, 7) is 0. The lowest BCUT2D eigenvalue weighted by atomic mass is 10.1. The van der Waals surface area contributed by atoms with E-state index in [9.17, 15) is 14.4 Å². The van der Waals surface area contributed by atoms with E-state index < -0.39 is 11.9 Å². The molecule has 32 heavy (non-hydrogen) atoms. The van der Waals surface area contributed by atoms with Gasteiger partial charge in [-0.3, -0.25) is 14.4 Å². The molecule has 0 spiro atoms. The molecule has 3 aromatic rings. The number of hydrogen-bond acceptors (Lipinski definition) is 5. The number of carbonyl (C=O) groups excluding carboxylic acids is 3. The van der Waals surface area contributed by atoms with Crippen molar-refractivity contribution in [3.05, 3.63) is 59.9 Å². The number of anilines is 1. The number of amides is 3. The average molecular weight is 452 g/mol. The van der Waals surface area contributed by atoms with Gasteiger partial charge in [-0.15, -0.1) is 0 Å². The molecule has 9 heteroatoms. The molecule has 3 N–H and O–H groups in total. The zero-order chi connectivity index (χ0) is 22.7. The highest BCUT2D eigenvalue weighted by atomic mass is 32.2. The van der Waals surface area contributed by atoms with E-state index in [1.807, 2.05) is 42.1 Å². The SMILES string of the molecule is CSCCC(NC(=O)CC1NC(=O)c2ccccc2NC1=O)c1nc2ccccc2n1C. The van der Waals surface area contributed by atoms with Crippen molar-refractivity contribution in [1.82, 2.24) is 20.2 Å². The van der Waals surface area contributed by atoms with Crippen LogP contribution in [0.25, 0.3) is 11.0 Å². The van der Waals surface area contributed by atoms with Gasteiger partial charge in [-0.1, -0.05) is 24.3 Å².